The standard InChI is InChI=1S/C5H5NO3S/c7-5(6-8)4-2-1-3-9-10-4/h1-3,8H,(H,6,7). The maximum absolute atomic E-state index is 10.6. The molecule has 0 radical (unpaired) electrons. The van der Waals surface area contributed by atoms with Gasteiger partial charge in [0, 0.05) is 0 Å². The van der Waals surface area contributed by atoms with E-state index in [1.807, 2.05) is 0 Å². The Balaban J connectivity index is 2.62. The van der Waals surface area contributed by atoms with Crippen LogP contribution in [0.3, 0.4) is 0 Å². The summed E-state index contributed by atoms with van der Waals surface area (Å²) in [6, 6.07) is 0. The highest BCUT2D eigenvalue weighted by molar-refractivity contribution is 7.99. The quantitative estimate of drug-likeness (QED) is 0.333. The van der Waals surface area contributed by atoms with Crippen molar-refractivity contribution in [1.82, 2.24) is 5.48 Å². The van der Waals surface area contributed by atoms with Crippen LogP contribution in [0, 0.1) is 0 Å². The summed E-state index contributed by atoms with van der Waals surface area (Å²) in [5.41, 5.74) is 1.49. The maximum Gasteiger partial charge on any atom is 0.284 e. The van der Waals surface area contributed by atoms with Crippen LogP contribution in [-0.2, 0) is 8.98 Å². The molecule has 1 heterocycles. The minimum absolute atomic E-state index is 0.324. The van der Waals surface area contributed by atoms with Gasteiger partial charge in [0.25, 0.3) is 5.91 Å². The molecule has 2 N–H and O–H groups in total. The summed E-state index contributed by atoms with van der Waals surface area (Å²) in [4.78, 5) is 10.9. The lowest BCUT2D eigenvalue weighted by molar-refractivity contribution is -0.124. The predicted octanol–water partition coefficient (Wildman–Crippen LogP) is 0.568. The van der Waals surface area contributed by atoms with E-state index < -0.39 is 5.91 Å². The molecular formula is C5H5NO3S. The minimum atomic E-state index is -0.561. The normalized spacial score (nSPS) is 15.5. The van der Waals surface area contributed by atoms with Gasteiger partial charge in [0.2, 0.25) is 0 Å². The molecule has 1 amide bonds. The Hall–Kier alpha value is -0.940. The van der Waals surface area contributed by atoms with Gasteiger partial charge in [0.15, 0.2) is 0 Å². The molecular weight excluding hydrogens is 154 g/mol. The molecule has 5 heteroatoms. The zero-order chi connectivity index (χ0) is 7.40. The summed E-state index contributed by atoms with van der Waals surface area (Å²) in [5, 5.41) is 8.15. The lowest BCUT2D eigenvalue weighted by Crippen LogP contribution is -2.19. The van der Waals surface area contributed by atoms with Crippen LogP contribution in [0.5, 0.6) is 0 Å². The molecule has 0 fully saturated rings. The van der Waals surface area contributed by atoms with Gasteiger partial charge >= 0.3 is 0 Å². The van der Waals surface area contributed by atoms with Crippen LogP contribution < -0.4 is 5.48 Å². The fourth-order valence-electron chi connectivity index (χ4n) is 0.435. The summed E-state index contributed by atoms with van der Waals surface area (Å²) in [5.74, 6) is -0.561. The van der Waals surface area contributed by atoms with Crippen molar-refractivity contribution < 1.29 is 14.2 Å². The van der Waals surface area contributed by atoms with Crippen LogP contribution >= 0.6 is 12.0 Å². The summed E-state index contributed by atoms with van der Waals surface area (Å²) in [6.07, 6.45) is 4.56. The zero-order valence-electron chi connectivity index (χ0n) is 4.90. The molecule has 0 aromatic rings. The molecule has 4 nitrogen and oxygen atoms in total. The topological polar surface area (TPSA) is 58.6 Å². The van der Waals surface area contributed by atoms with Crippen LogP contribution in [0.25, 0.3) is 0 Å². The van der Waals surface area contributed by atoms with Crippen LogP contribution in [0.4, 0.5) is 0 Å². The van der Waals surface area contributed by atoms with E-state index in [9.17, 15) is 4.79 Å². The van der Waals surface area contributed by atoms with E-state index in [1.165, 1.54) is 11.7 Å². The fraction of sp³-hybridized carbons (Fsp3) is 0. The van der Waals surface area contributed by atoms with Gasteiger partial charge in [0.05, 0.1) is 12.0 Å². The van der Waals surface area contributed by atoms with Gasteiger partial charge in [0.1, 0.15) is 11.2 Å². The third-order valence-corrected chi connectivity index (χ3v) is 1.55. The number of hydroxylamine groups is 1. The molecule has 0 spiro atoms. The van der Waals surface area contributed by atoms with E-state index in [1.54, 1.807) is 12.2 Å². The smallest absolute Gasteiger partial charge is 0.284 e. The third-order valence-electron chi connectivity index (χ3n) is 0.845. The average molecular weight is 159 g/mol. The first-order valence-electron chi connectivity index (χ1n) is 2.49. The van der Waals surface area contributed by atoms with Crippen molar-refractivity contribution in [2.75, 3.05) is 0 Å². The number of rotatable bonds is 1. The number of amides is 1. The largest absolute Gasteiger partial charge is 0.428 e. The molecule has 0 unspecified atom stereocenters. The summed E-state index contributed by atoms with van der Waals surface area (Å²) in [6.45, 7) is 0. The van der Waals surface area contributed by atoms with Crippen LogP contribution in [-0.4, -0.2) is 11.1 Å². The highest BCUT2D eigenvalue weighted by atomic mass is 32.2. The Kier molecular flexibility index (Phi) is 2.35. The van der Waals surface area contributed by atoms with Gasteiger partial charge in [-0.3, -0.25) is 10.0 Å². The van der Waals surface area contributed by atoms with E-state index >= 15 is 0 Å². The summed E-state index contributed by atoms with van der Waals surface area (Å²) in [7, 11) is 0. The van der Waals surface area contributed by atoms with Crippen molar-refractivity contribution in [3.8, 4) is 0 Å². The van der Waals surface area contributed by atoms with Crippen molar-refractivity contribution in [3.63, 3.8) is 0 Å². The number of carbonyl (C=O) groups excluding carboxylic acids is 1. The monoisotopic (exact) mass is 159 g/mol. The lowest BCUT2D eigenvalue weighted by Gasteiger charge is -2.04. The molecule has 54 valence electrons. The second kappa shape index (κ2) is 3.28. The van der Waals surface area contributed by atoms with Crippen molar-refractivity contribution in [1.29, 1.82) is 0 Å². The minimum Gasteiger partial charge on any atom is -0.428 e. The van der Waals surface area contributed by atoms with E-state index in [-0.39, 0.29) is 0 Å². The third kappa shape index (κ3) is 1.52. The Morgan fingerprint density at radius 2 is 2.60 bits per heavy atom. The molecule has 1 aliphatic rings. The molecule has 0 aliphatic carbocycles. The predicted molar refractivity (Wildman–Crippen MR) is 35.8 cm³/mol. The first-order chi connectivity index (χ1) is 4.84. The molecule has 0 saturated heterocycles. The Bertz CT molecular complexity index is 199. The number of nitrogens with one attached hydrogen (secondary N) is 1. The molecule has 0 aromatic heterocycles. The van der Waals surface area contributed by atoms with Crippen molar-refractivity contribution in [3.05, 3.63) is 23.3 Å². The molecule has 1 aliphatic heterocycles. The van der Waals surface area contributed by atoms with E-state index in [2.05, 4.69) is 0 Å². The molecule has 0 atom stereocenters. The van der Waals surface area contributed by atoms with Gasteiger partial charge in [-0.2, -0.15) is 0 Å². The number of allylic oxidation sites excluding steroid dienone is 2. The van der Waals surface area contributed by atoms with E-state index in [0.717, 1.165) is 12.0 Å². The van der Waals surface area contributed by atoms with Crippen molar-refractivity contribution in [2.24, 2.45) is 0 Å². The van der Waals surface area contributed by atoms with Crippen molar-refractivity contribution >= 4 is 17.9 Å². The Morgan fingerprint density at radius 3 is 3.10 bits per heavy atom. The van der Waals surface area contributed by atoms with Crippen LogP contribution in [0.15, 0.2) is 23.3 Å². The SMILES string of the molecule is O=C(NO)C1=CC=COS1. The lowest BCUT2D eigenvalue weighted by atomic mass is 10.4. The first kappa shape index (κ1) is 7.17. The highest BCUT2D eigenvalue weighted by Crippen LogP contribution is 2.20. The number of hydrogen-bond donors (Lipinski definition) is 2. The number of hydrogen-bond acceptors (Lipinski definition) is 4. The zero-order valence-corrected chi connectivity index (χ0v) is 5.72. The van der Waals surface area contributed by atoms with Gasteiger partial charge in [-0.25, -0.2) is 5.48 Å². The Labute approximate surface area is 61.7 Å². The second-order valence-electron chi connectivity index (χ2n) is 1.48. The first-order valence-corrected chi connectivity index (χ1v) is 3.23. The average Bonchev–Trinajstić information content (AvgIpc) is 2.05. The van der Waals surface area contributed by atoms with Gasteiger partial charge in [-0.1, -0.05) is 0 Å². The highest BCUT2D eigenvalue weighted by Gasteiger charge is 2.10. The van der Waals surface area contributed by atoms with E-state index in [0.29, 0.717) is 4.91 Å². The van der Waals surface area contributed by atoms with Gasteiger partial charge in [-0.15, -0.1) is 0 Å². The van der Waals surface area contributed by atoms with Gasteiger partial charge < -0.3 is 4.18 Å². The summed E-state index contributed by atoms with van der Waals surface area (Å²) >= 11 is 0.898. The molecule has 0 bridgehead atoms. The van der Waals surface area contributed by atoms with E-state index in [4.69, 9.17) is 9.39 Å². The van der Waals surface area contributed by atoms with Crippen LogP contribution in [0.2, 0.25) is 0 Å². The molecule has 0 aromatic carbocycles. The van der Waals surface area contributed by atoms with Crippen LogP contribution in [0.1, 0.15) is 0 Å². The number of carbonyl (C=O) groups is 1. The van der Waals surface area contributed by atoms with Crippen molar-refractivity contribution in [2.45, 2.75) is 0 Å². The van der Waals surface area contributed by atoms with Gasteiger partial charge in [-0.05, 0) is 12.2 Å². The second-order valence-corrected chi connectivity index (χ2v) is 2.28. The molecule has 1 rings (SSSR count). The summed E-state index contributed by atoms with van der Waals surface area (Å²) < 4.78 is 4.70. The molecule has 10 heavy (non-hydrogen) atoms. The Morgan fingerprint density at radius 1 is 1.80 bits per heavy atom. The maximum atomic E-state index is 10.6. The molecule has 0 saturated carbocycles. The fourth-order valence-corrected chi connectivity index (χ4v) is 0.914.